The second-order valence-corrected chi connectivity index (χ2v) is 5.29. The van der Waals surface area contributed by atoms with Crippen LogP contribution in [0.4, 0.5) is 0 Å². The third-order valence-corrected chi connectivity index (χ3v) is 3.48. The number of carboxylic acid groups (broad SMARTS) is 1. The zero-order valence-electron chi connectivity index (χ0n) is 13.1. The molecule has 1 N–H and O–H groups in total. The van der Waals surface area contributed by atoms with Gasteiger partial charge >= 0.3 is 5.97 Å². The molecule has 0 atom stereocenters. The van der Waals surface area contributed by atoms with Gasteiger partial charge in [-0.25, -0.2) is 4.79 Å². The SMILES string of the molecule is CCC(=C(C)C)c1ccc(Oc2cccc(C(=O)O)c2)cc1. The van der Waals surface area contributed by atoms with Crippen LogP contribution in [0.5, 0.6) is 11.5 Å². The van der Waals surface area contributed by atoms with Crippen molar-refractivity contribution in [1.29, 1.82) is 0 Å². The molecule has 0 heterocycles. The van der Waals surface area contributed by atoms with Crippen LogP contribution >= 0.6 is 0 Å². The van der Waals surface area contributed by atoms with Crippen LogP contribution in [-0.2, 0) is 0 Å². The summed E-state index contributed by atoms with van der Waals surface area (Å²) in [5, 5.41) is 8.99. The number of allylic oxidation sites excluding steroid dienone is 2. The highest BCUT2D eigenvalue weighted by Gasteiger charge is 2.06. The lowest BCUT2D eigenvalue weighted by atomic mass is 9.99. The van der Waals surface area contributed by atoms with Gasteiger partial charge < -0.3 is 9.84 Å². The standard InChI is InChI=1S/C19H20O3/c1-4-18(13(2)3)14-8-10-16(11-9-14)22-17-7-5-6-15(12-17)19(20)21/h5-12H,4H2,1-3H3,(H,20,21). The van der Waals surface area contributed by atoms with Crippen molar-refractivity contribution >= 4 is 11.5 Å². The molecule has 2 rings (SSSR count). The maximum Gasteiger partial charge on any atom is 0.335 e. The van der Waals surface area contributed by atoms with E-state index in [1.807, 2.05) is 24.3 Å². The first-order chi connectivity index (χ1) is 10.5. The smallest absolute Gasteiger partial charge is 0.335 e. The van der Waals surface area contributed by atoms with Crippen LogP contribution in [0.1, 0.15) is 43.1 Å². The van der Waals surface area contributed by atoms with Crippen molar-refractivity contribution in [2.45, 2.75) is 27.2 Å². The van der Waals surface area contributed by atoms with Crippen LogP contribution in [0.3, 0.4) is 0 Å². The van der Waals surface area contributed by atoms with E-state index in [-0.39, 0.29) is 5.56 Å². The Balaban J connectivity index is 2.20. The van der Waals surface area contributed by atoms with Gasteiger partial charge in [0.2, 0.25) is 0 Å². The van der Waals surface area contributed by atoms with E-state index in [0.717, 1.165) is 6.42 Å². The van der Waals surface area contributed by atoms with Crippen LogP contribution in [0.25, 0.3) is 5.57 Å². The number of hydrogen-bond donors (Lipinski definition) is 1. The Kier molecular flexibility index (Phi) is 4.99. The number of rotatable bonds is 5. The lowest BCUT2D eigenvalue weighted by molar-refractivity contribution is 0.0696. The van der Waals surface area contributed by atoms with Gasteiger partial charge in [-0.2, -0.15) is 0 Å². The monoisotopic (exact) mass is 296 g/mol. The molecule has 0 aliphatic carbocycles. The number of hydrogen-bond acceptors (Lipinski definition) is 2. The fourth-order valence-corrected chi connectivity index (χ4v) is 2.40. The lowest BCUT2D eigenvalue weighted by Gasteiger charge is -2.10. The first-order valence-corrected chi connectivity index (χ1v) is 7.29. The second kappa shape index (κ2) is 6.94. The lowest BCUT2D eigenvalue weighted by Crippen LogP contribution is -1.96. The minimum atomic E-state index is -0.961. The van der Waals surface area contributed by atoms with Gasteiger partial charge in [-0.15, -0.1) is 0 Å². The average molecular weight is 296 g/mol. The first kappa shape index (κ1) is 15.8. The average Bonchev–Trinajstić information content (AvgIpc) is 2.49. The van der Waals surface area contributed by atoms with Gasteiger partial charge in [-0.3, -0.25) is 0 Å². The number of benzene rings is 2. The van der Waals surface area contributed by atoms with Crippen LogP contribution < -0.4 is 4.74 Å². The van der Waals surface area contributed by atoms with Gasteiger partial charge in [0.25, 0.3) is 0 Å². The summed E-state index contributed by atoms with van der Waals surface area (Å²) < 4.78 is 5.72. The Labute approximate surface area is 130 Å². The van der Waals surface area contributed by atoms with Gasteiger partial charge in [0.15, 0.2) is 0 Å². The second-order valence-electron chi connectivity index (χ2n) is 5.29. The molecule has 3 heteroatoms. The van der Waals surface area contributed by atoms with E-state index in [9.17, 15) is 4.79 Å². The highest BCUT2D eigenvalue weighted by Crippen LogP contribution is 2.27. The summed E-state index contributed by atoms with van der Waals surface area (Å²) in [4.78, 5) is 11.0. The predicted octanol–water partition coefficient (Wildman–Crippen LogP) is 5.38. The minimum Gasteiger partial charge on any atom is -0.478 e. The van der Waals surface area contributed by atoms with E-state index >= 15 is 0 Å². The summed E-state index contributed by atoms with van der Waals surface area (Å²) in [6, 6.07) is 14.3. The molecule has 0 unspecified atom stereocenters. The van der Waals surface area contributed by atoms with Crippen LogP contribution in [0.2, 0.25) is 0 Å². The minimum absolute atomic E-state index is 0.215. The molecule has 0 bridgehead atoms. The van der Waals surface area contributed by atoms with E-state index in [1.165, 1.54) is 22.8 Å². The maximum atomic E-state index is 11.0. The van der Waals surface area contributed by atoms with E-state index in [0.29, 0.717) is 11.5 Å². The molecule has 0 spiro atoms. The van der Waals surface area contributed by atoms with E-state index in [1.54, 1.807) is 18.2 Å². The molecule has 2 aromatic carbocycles. The molecule has 22 heavy (non-hydrogen) atoms. The van der Waals surface area contributed by atoms with E-state index < -0.39 is 5.97 Å². The Hall–Kier alpha value is -2.55. The molecule has 0 aliphatic rings. The Morgan fingerprint density at radius 1 is 1.00 bits per heavy atom. The Bertz CT molecular complexity index is 693. The van der Waals surface area contributed by atoms with Gasteiger partial charge in [0.1, 0.15) is 11.5 Å². The summed E-state index contributed by atoms with van der Waals surface area (Å²) >= 11 is 0. The largest absolute Gasteiger partial charge is 0.478 e. The highest BCUT2D eigenvalue weighted by atomic mass is 16.5. The Morgan fingerprint density at radius 2 is 1.68 bits per heavy atom. The van der Waals surface area contributed by atoms with Crippen molar-refractivity contribution in [2.75, 3.05) is 0 Å². The topological polar surface area (TPSA) is 46.5 Å². The van der Waals surface area contributed by atoms with Gasteiger partial charge in [0, 0.05) is 0 Å². The van der Waals surface area contributed by atoms with Gasteiger partial charge in [0.05, 0.1) is 5.56 Å². The fraction of sp³-hybridized carbons (Fsp3) is 0.211. The highest BCUT2D eigenvalue weighted by molar-refractivity contribution is 5.88. The molecule has 2 aromatic rings. The van der Waals surface area contributed by atoms with Crippen molar-refractivity contribution in [3.05, 3.63) is 65.2 Å². The van der Waals surface area contributed by atoms with Gasteiger partial charge in [-0.05, 0) is 61.7 Å². The quantitative estimate of drug-likeness (QED) is 0.805. The molecular formula is C19H20O3. The predicted molar refractivity (Wildman–Crippen MR) is 88.5 cm³/mol. The zero-order valence-corrected chi connectivity index (χ0v) is 13.1. The summed E-state index contributed by atoms with van der Waals surface area (Å²) in [6.45, 7) is 6.37. The Morgan fingerprint density at radius 3 is 2.23 bits per heavy atom. The zero-order chi connectivity index (χ0) is 16.1. The third kappa shape index (κ3) is 3.76. The molecule has 114 valence electrons. The normalized spacial score (nSPS) is 10.1. The molecular weight excluding hydrogens is 276 g/mol. The number of carbonyl (C=O) groups is 1. The van der Waals surface area contributed by atoms with Crippen molar-refractivity contribution < 1.29 is 14.6 Å². The summed E-state index contributed by atoms with van der Waals surface area (Å²) in [6.07, 6.45) is 0.989. The van der Waals surface area contributed by atoms with E-state index in [4.69, 9.17) is 9.84 Å². The molecule has 0 aromatic heterocycles. The molecule has 0 aliphatic heterocycles. The first-order valence-electron chi connectivity index (χ1n) is 7.29. The summed E-state index contributed by atoms with van der Waals surface area (Å²) in [7, 11) is 0. The molecule has 0 saturated carbocycles. The molecule has 0 amide bonds. The van der Waals surface area contributed by atoms with Crippen LogP contribution in [0.15, 0.2) is 54.1 Å². The number of carboxylic acids is 1. The van der Waals surface area contributed by atoms with Crippen molar-refractivity contribution in [1.82, 2.24) is 0 Å². The van der Waals surface area contributed by atoms with Crippen LogP contribution in [0, 0.1) is 0 Å². The molecule has 0 saturated heterocycles. The van der Waals surface area contributed by atoms with Crippen molar-refractivity contribution in [3.63, 3.8) is 0 Å². The maximum absolute atomic E-state index is 11.0. The molecule has 3 nitrogen and oxygen atoms in total. The van der Waals surface area contributed by atoms with Crippen LogP contribution in [-0.4, -0.2) is 11.1 Å². The summed E-state index contributed by atoms with van der Waals surface area (Å²) in [5.41, 5.74) is 4.05. The fourth-order valence-electron chi connectivity index (χ4n) is 2.40. The number of ether oxygens (including phenoxy) is 1. The molecule has 0 fully saturated rings. The molecule has 0 radical (unpaired) electrons. The van der Waals surface area contributed by atoms with E-state index in [2.05, 4.69) is 20.8 Å². The summed E-state index contributed by atoms with van der Waals surface area (Å²) in [5.74, 6) is 0.248. The third-order valence-electron chi connectivity index (χ3n) is 3.48. The van der Waals surface area contributed by atoms with Crippen molar-refractivity contribution in [2.24, 2.45) is 0 Å². The number of aromatic carboxylic acids is 1. The van der Waals surface area contributed by atoms with Gasteiger partial charge in [-0.1, -0.05) is 30.7 Å². The van der Waals surface area contributed by atoms with Crippen molar-refractivity contribution in [3.8, 4) is 11.5 Å².